The van der Waals surface area contributed by atoms with Crippen molar-refractivity contribution in [1.82, 2.24) is 4.90 Å². The summed E-state index contributed by atoms with van der Waals surface area (Å²) in [5, 5.41) is 0. The molecule has 0 atom stereocenters. The van der Waals surface area contributed by atoms with Crippen LogP contribution >= 0.6 is 11.6 Å². The molecule has 4 heteroatoms. The van der Waals surface area contributed by atoms with Gasteiger partial charge in [-0.2, -0.15) is 0 Å². The molecule has 0 N–H and O–H groups in total. The molecule has 0 unspecified atom stereocenters. The van der Waals surface area contributed by atoms with Crippen molar-refractivity contribution in [3.63, 3.8) is 0 Å². The number of halogens is 1. The molecule has 0 fully saturated rings. The van der Waals surface area contributed by atoms with E-state index in [1.807, 2.05) is 0 Å². The Morgan fingerprint density at radius 1 is 1.42 bits per heavy atom. The first-order valence-corrected chi connectivity index (χ1v) is 3.88. The maximum absolute atomic E-state index is 11.1. The first kappa shape index (κ1) is 11.0. The molecule has 0 saturated heterocycles. The van der Waals surface area contributed by atoms with Crippen LogP contribution in [0.3, 0.4) is 0 Å². The molecule has 0 aliphatic heterocycles. The first-order chi connectivity index (χ1) is 5.50. The zero-order valence-corrected chi connectivity index (χ0v) is 8.02. The fourth-order valence-corrected chi connectivity index (χ4v) is 0.842. The number of ether oxygens (including phenoxy) is 1. The predicted octanol–water partition coefficient (Wildman–Crippen LogP) is 2.69. The van der Waals surface area contributed by atoms with Crippen LogP contribution in [0.2, 0.25) is 0 Å². The molecule has 0 aromatic rings. The lowest BCUT2D eigenvalue weighted by Gasteiger charge is -2.20. The van der Waals surface area contributed by atoms with Gasteiger partial charge in [0.25, 0.3) is 0 Å². The Hall–Kier alpha value is -0.960. The number of hydrogen-bond acceptors (Lipinski definition) is 2. The van der Waals surface area contributed by atoms with E-state index in [2.05, 4.69) is 17.9 Å². The molecule has 0 aromatic carbocycles. The summed E-state index contributed by atoms with van der Waals surface area (Å²) in [5.74, 6) is 0. The highest BCUT2D eigenvalue weighted by Crippen LogP contribution is 2.10. The van der Waals surface area contributed by atoms with Crippen LogP contribution in [0.15, 0.2) is 24.6 Å². The Morgan fingerprint density at radius 2 is 1.83 bits per heavy atom. The van der Waals surface area contributed by atoms with Gasteiger partial charge in [-0.15, -0.1) is 0 Å². The summed E-state index contributed by atoms with van der Waals surface area (Å²) < 4.78 is 4.56. The zero-order chi connectivity index (χ0) is 9.72. The second-order valence-corrected chi connectivity index (χ2v) is 2.54. The van der Waals surface area contributed by atoms with Gasteiger partial charge in [-0.05, 0) is 13.8 Å². The monoisotopic (exact) mass is 189 g/mol. The number of nitrogens with zero attached hydrogens (tertiary/aromatic N) is 1. The van der Waals surface area contributed by atoms with Crippen LogP contribution in [-0.4, -0.2) is 17.1 Å². The van der Waals surface area contributed by atoms with E-state index in [4.69, 9.17) is 11.6 Å². The van der Waals surface area contributed by atoms with Gasteiger partial charge < -0.3 is 4.74 Å². The van der Waals surface area contributed by atoms with Crippen molar-refractivity contribution < 1.29 is 9.53 Å². The lowest BCUT2D eigenvalue weighted by Crippen LogP contribution is -2.27. The lowest BCUT2D eigenvalue weighted by atomic mass is 10.4. The van der Waals surface area contributed by atoms with Crippen LogP contribution in [0.25, 0.3) is 0 Å². The molecule has 0 saturated carbocycles. The standard InChI is InChI=1S/C8H12ClNO2/c1-6(2)10(7(3)4)8(11)12-5-9/h1,3,5H2,2,4H3. The van der Waals surface area contributed by atoms with E-state index in [1.165, 1.54) is 4.90 Å². The number of alkyl halides is 1. The molecular weight excluding hydrogens is 178 g/mol. The molecule has 0 rings (SSSR count). The van der Waals surface area contributed by atoms with Gasteiger partial charge in [0.05, 0.1) is 0 Å². The smallest absolute Gasteiger partial charge is 0.419 e. The summed E-state index contributed by atoms with van der Waals surface area (Å²) in [7, 11) is 0. The molecule has 0 heterocycles. The Labute approximate surface area is 77.3 Å². The van der Waals surface area contributed by atoms with Crippen LogP contribution in [0.1, 0.15) is 13.8 Å². The van der Waals surface area contributed by atoms with Gasteiger partial charge in [-0.25, -0.2) is 4.79 Å². The van der Waals surface area contributed by atoms with E-state index in [1.54, 1.807) is 13.8 Å². The van der Waals surface area contributed by atoms with Crippen molar-refractivity contribution in [2.45, 2.75) is 13.8 Å². The van der Waals surface area contributed by atoms with Crippen LogP contribution in [0.5, 0.6) is 0 Å². The SMILES string of the molecule is C=C(C)N(C(=C)C)C(=O)OCCl. The number of hydrogen-bond donors (Lipinski definition) is 0. The van der Waals surface area contributed by atoms with Gasteiger partial charge in [0, 0.05) is 11.4 Å². The highest BCUT2D eigenvalue weighted by atomic mass is 35.5. The third kappa shape index (κ3) is 2.96. The topological polar surface area (TPSA) is 29.5 Å². The highest BCUT2D eigenvalue weighted by Gasteiger charge is 2.15. The Balaban J connectivity index is 4.41. The fourth-order valence-electron chi connectivity index (χ4n) is 0.749. The molecule has 12 heavy (non-hydrogen) atoms. The predicted molar refractivity (Wildman–Crippen MR) is 48.7 cm³/mol. The van der Waals surface area contributed by atoms with Crippen LogP contribution in [-0.2, 0) is 4.74 Å². The minimum atomic E-state index is -0.551. The molecule has 68 valence electrons. The number of rotatable bonds is 3. The summed E-state index contributed by atoms with van der Waals surface area (Å²) in [6.45, 7) is 10.6. The molecule has 0 radical (unpaired) electrons. The third-order valence-electron chi connectivity index (χ3n) is 1.12. The van der Waals surface area contributed by atoms with Crippen molar-refractivity contribution in [1.29, 1.82) is 0 Å². The maximum atomic E-state index is 11.1. The summed E-state index contributed by atoms with van der Waals surface area (Å²) in [6, 6.07) is -0.171. The van der Waals surface area contributed by atoms with Gasteiger partial charge in [-0.3, -0.25) is 4.90 Å². The normalized spacial score (nSPS) is 8.92. The van der Waals surface area contributed by atoms with E-state index in [-0.39, 0.29) is 6.07 Å². The lowest BCUT2D eigenvalue weighted by molar-refractivity contribution is 0.139. The third-order valence-corrected chi connectivity index (χ3v) is 1.23. The molecule has 0 bridgehead atoms. The quantitative estimate of drug-likeness (QED) is 0.639. The number of carbonyl (C=O) groups excluding carboxylic acids is 1. The molecular formula is C8H12ClNO2. The molecule has 3 nitrogen and oxygen atoms in total. The van der Waals surface area contributed by atoms with Crippen molar-refractivity contribution in [2.24, 2.45) is 0 Å². The Morgan fingerprint density at radius 3 is 2.08 bits per heavy atom. The van der Waals surface area contributed by atoms with E-state index < -0.39 is 6.09 Å². The van der Waals surface area contributed by atoms with Crippen LogP contribution in [0, 0.1) is 0 Å². The summed E-state index contributed by atoms with van der Waals surface area (Å²) in [5.41, 5.74) is 1.11. The van der Waals surface area contributed by atoms with Crippen molar-refractivity contribution in [3.8, 4) is 0 Å². The molecule has 0 aliphatic rings. The van der Waals surface area contributed by atoms with Crippen LogP contribution < -0.4 is 0 Å². The van der Waals surface area contributed by atoms with Gasteiger partial charge in [0.2, 0.25) is 0 Å². The van der Waals surface area contributed by atoms with Gasteiger partial charge >= 0.3 is 6.09 Å². The van der Waals surface area contributed by atoms with Gasteiger partial charge in [-0.1, -0.05) is 24.8 Å². The average molecular weight is 190 g/mol. The Bertz CT molecular complexity index is 199. The van der Waals surface area contributed by atoms with Crippen molar-refractivity contribution >= 4 is 17.7 Å². The summed E-state index contributed by atoms with van der Waals surface area (Å²) >= 11 is 5.22. The van der Waals surface area contributed by atoms with E-state index in [0.717, 1.165) is 0 Å². The minimum Gasteiger partial charge on any atom is -0.433 e. The highest BCUT2D eigenvalue weighted by molar-refractivity contribution is 6.17. The van der Waals surface area contributed by atoms with Gasteiger partial charge in [0.1, 0.15) is 0 Å². The van der Waals surface area contributed by atoms with E-state index >= 15 is 0 Å². The minimum absolute atomic E-state index is 0.171. The van der Waals surface area contributed by atoms with Gasteiger partial charge in [0.15, 0.2) is 6.07 Å². The maximum Gasteiger partial charge on any atom is 0.419 e. The number of amides is 1. The van der Waals surface area contributed by atoms with E-state index in [0.29, 0.717) is 11.4 Å². The summed E-state index contributed by atoms with van der Waals surface area (Å²) in [6.07, 6.45) is -0.551. The number of carbonyl (C=O) groups is 1. The fraction of sp³-hybridized carbons (Fsp3) is 0.375. The second-order valence-electron chi connectivity index (χ2n) is 2.33. The second kappa shape index (κ2) is 4.83. The van der Waals surface area contributed by atoms with E-state index in [9.17, 15) is 4.79 Å². The molecule has 0 spiro atoms. The molecule has 1 amide bonds. The largest absolute Gasteiger partial charge is 0.433 e. The van der Waals surface area contributed by atoms with Crippen molar-refractivity contribution in [3.05, 3.63) is 24.6 Å². The molecule has 0 aromatic heterocycles. The Kier molecular flexibility index (Phi) is 4.44. The van der Waals surface area contributed by atoms with Crippen molar-refractivity contribution in [2.75, 3.05) is 6.07 Å². The van der Waals surface area contributed by atoms with Crippen LogP contribution in [0.4, 0.5) is 4.79 Å². The average Bonchev–Trinajstić information content (AvgIpc) is 1.85. The molecule has 0 aliphatic carbocycles. The summed E-state index contributed by atoms with van der Waals surface area (Å²) in [4.78, 5) is 12.4. The number of allylic oxidation sites excluding steroid dienone is 2. The zero-order valence-electron chi connectivity index (χ0n) is 7.26. The first-order valence-electron chi connectivity index (χ1n) is 3.34.